The summed E-state index contributed by atoms with van der Waals surface area (Å²) in [4.78, 5) is 15.0. The Morgan fingerprint density at radius 2 is 2.19 bits per heavy atom. The van der Waals surface area contributed by atoms with Gasteiger partial charge in [0.1, 0.15) is 22.9 Å². The molecule has 1 aliphatic rings. The van der Waals surface area contributed by atoms with Crippen molar-refractivity contribution >= 4 is 5.91 Å². The summed E-state index contributed by atoms with van der Waals surface area (Å²) < 4.78 is 10.5. The normalized spacial score (nSPS) is 17.1. The van der Waals surface area contributed by atoms with Crippen molar-refractivity contribution in [1.29, 1.82) is 0 Å². The lowest BCUT2D eigenvalue weighted by atomic mass is 9.98. The Hall–Kier alpha value is -3.09. The quantitative estimate of drug-likeness (QED) is 0.760. The molecule has 0 unspecified atom stereocenters. The first-order valence-corrected chi connectivity index (χ1v) is 9.10. The van der Waals surface area contributed by atoms with Crippen LogP contribution < -0.4 is 4.74 Å². The maximum atomic E-state index is 13.1. The van der Waals surface area contributed by atoms with Gasteiger partial charge in [-0.25, -0.2) is 0 Å². The molecule has 7 heteroatoms. The van der Waals surface area contributed by atoms with Crippen LogP contribution in [0.3, 0.4) is 0 Å². The summed E-state index contributed by atoms with van der Waals surface area (Å²) in [5, 5.41) is 11.3. The minimum Gasteiger partial charge on any atom is -0.497 e. The number of hydrogen-bond acceptors (Lipinski definition) is 5. The second kappa shape index (κ2) is 7.26. The number of aromatic nitrogens is 3. The Bertz CT molecular complexity index is 946. The molecule has 1 aromatic carbocycles. The van der Waals surface area contributed by atoms with Crippen molar-refractivity contribution in [2.24, 2.45) is 0 Å². The van der Waals surface area contributed by atoms with Gasteiger partial charge in [0.2, 0.25) is 0 Å². The van der Waals surface area contributed by atoms with Crippen LogP contribution in [0.4, 0.5) is 0 Å². The van der Waals surface area contributed by atoms with Crippen molar-refractivity contribution in [2.45, 2.75) is 32.2 Å². The molecule has 7 nitrogen and oxygen atoms in total. The molecule has 2 aromatic heterocycles. The number of aromatic amines is 1. The molecule has 1 saturated heterocycles. The predicted octanol–water partition coefficient (Wildman–Crippen LogP) is 3.75. The molecule has 0 radical (unpaired) electrons. The minimum absolute atomic E-state index is 0.0627. The Morgan fingerprint density at radius 3 is 2.96 bits per heavy atom. The smallest absolute Gasteiger partial charge is 0.272 e. The number of nitrogens with zero attached hydrogens (tertiary/aromatic N) is 3. The monoisotopic (exact) mass is 366 g/mol. The molecular weight excluding hydrogens is 344 g/mol. The van der Waals surface area contributed by atoms with Crippen LogP contribution >= 0.6 is 0 Å². The van der Waals surface area contributed by atoms with E-state index in [1.807, 2.05) is 42.2 Å². The number of aryl methyl sites for hydroxylation is 1. The fourth-order valence-corrected chi connectivity index (χ4v) is 3.54. The van der Waals surface area contributed by atoms with Crippen LogP contribution in [0.5, 0.6) is 5.75 Å². The van der Waals surface area contributed by atoms with Gasteiger partial charge in [-0.15, -0.1) is 0 Å². The van der Waals surface area contributed by atoms with Gasteiger partial charge in [-0.2, -0.15) is 5.10 Å². The van der Waals surface area contributed by atoms with Crippen molar-refractivity contribution in [3.63, 3.8) is 0 Å². The number of piperidine rings is 1. The number of hydrogen-bond donors (Lipinski definition) is 1. The van der Waals surface area contributed by atoms with E-state index in [4.69, 9.17) is 9.26 Å². The number of amides is 1. The minimum atomic E-state index is -0.0676. The van der Waals surface area contributed by atoms with E-state index in [2.05, 4.69) is 15.4 Å². The van der Waals surface area contributed by atoms with Gasteiger partial charge in [-0.1, -0.05) is 17.3 Å². The highest BCUT2D eigenvalue weighted by atomic mass is 16.5. The maximum absolute atomic E-state index is 13.1. The van der Waals surface area contributed by atoms with Crippen molar-refractivity contribution < 1.29 is 14.1 Å². The van der Waals surface area contributed by atoms with Gasteiger partial charge in [-0.05, 0) is 44.4 Å². The molecule has 0 bridgehead atoms. The van der Waals surface area contributed by atoms with Gasteiger partial charge in [0.15, 0.2) is 0 Å². The molecule has 1 atom stereocenters. The molecular formula is C20H22N4O3. The third-order valence-electron chi connectivity index (χ3n) is 4.93. The van der Waals surface area contributed by atoms with E-state index in [-0.39, 0.29) is 11.9 Å². The molecule has 1 aliphatic heterocycles. The van der Waals surface area contributed by atoms with Crippen LogP contribution in [-0.4, -0.2) is 39.8 Å². The lowest BCUT2D eigenvalue weighted by Gasteiger charge is -2.34. The first-order valence-electron chi connectivity index (χ1n) is 9.10. The van der Waals surface area contributed by atoms with Crippen LogP contribution in [0.15, 0.2) is 40.9 Å². The van der Waals surface area contributed by atoms with Gasteiger partial charge in [0.25, 0.3) is 5.91 Å². The second-order valence-corrected chi connectivity index (χ2v) is 6.77. The summed E-state index contributed by atoms with van der Waals surface area (Å²) in [7, 11) is 1.63. The van der Waals surface area contributed by atoms with Crippen molar-refractivity contribution in [1.82, 2.24) is 20.3 Å². The zero-order valence-corrected chi connectivity index (χ0v) is 15.4. The summed E-state index contributed by atoms with van der Waals surface area (Å²) >= 11 is 0. The predicted molar refractivity (Wildman–Crippen MR) is 99.4 cm³/mol. The zero-order chi connectivity index (χ0) is 18.8. The number of benzene rings is 1. The van der Waals surface area contributed by atoms with Gasteiger partial charge < -0.3 is 14.2 Å². The lowest BCUT2D eigenvalue weighted by Crippen LogP contribution is -2.38. The van der Waals surface area contributed by atoms with E-state index in [9.17, 15) is 4.79 Å². The van der Waals surface area contributed by atoms with Crippen LogP contribution in [0.1, 0.15) is 47.2 Å². The molecule has 3 heterocycles. The van der Waals surface area contributed by atoms with Crippen LogP contribution in [0, 0.1) is 6.92 Å². The Labute approximate surface area is 157 Å². The Kier molecular flexibility index (Phi) is 4.66. The number of nitrogens with one attached hydrogen (secondary N) is 1. The summed E-state index contributed by atoms with van der Waals surface area (Å²) in [5.74, 6) is 1.44. The maximum Gasteiger partial charge on any atom is 0.272 e. The number of carbonyl (C=O) groups excluding carboxylic acids is 1. The fraction of sp³-hybridized carbons (Fsp3) is 0.350. The van der Waals surface area contributed by atoms with Crippen molar-refractivity contribution in [3.05, 3.63) is 53.5 Å². The number of rotatable bonds is 4. The third-order valence-corrected chi connectivity index (χ3v) is 4.93. The van der Waals surface area contributed by atoms with E-state index >= 15 is 0 Å². The number of ether oxygens (including phenoxy) is 1. The van der Waals surface area contributed by atoms with Gasteiger partial charge in [0, 0.05) is 18.2 Å². The van der Waals surface area contributed by atoms with Crippen LogP contribution in [0.25, 0.3) is 11.3 Å². The third kappa shape index (κ3) is 3.45. The van der Waals surface area contributed by atoms with Gasteiger partial charge >= 0.3 is 0 Å². The van der Waals surface area contributed by atoms with Gasteiger partial charge in [0.05, 0.1) is 18.8 Å². The Balaban J connectivity index is 1.59. The summed E-state index contributed by atoms with van der Waals surface area (Å²) in [5.41, 5.74) is 2.89. The van der Waals surface area contributed by atoms with Crippen LogP contribution in [0.2, 0.25) is 0 Å². The molecule has 1 amide bonds. The highest BCUT2D eigenvalue weighted by molar-refractivity contribution is 5.93. The van der Waals surface area contributed by atoms with E-state index < -0.39 is 0 Å². The lowest BCUT2D eigenvalue weighted by molar-refractivity contribution is 0.0595. The molecule has 1 N–H and O–H groups in total. The first-order chi connectivity index (χ1) is 13.2. The van der Waals surface area contributed by atoms with E-state index in [1.54, 1.807) is 13.2 Å². The largest absolute Gasteiger partial charge is 0.497 e. The highest BCUT2D eigenvalue weighted by Crippen LogP contribution is 2.32. The van der Waals surface area contributed by atoms with E-state index in [0.29, 0.717) is 17.9 Å². The SMILES string of the molecule is COc1cccc(-c2cc(C(=O)N3CCCC[C@@H]3c3cc(C)on3)[nH]n2)c1. The number of methoxy groups -OCH3 is 1. The first kappa shape index (κ1) is 17.3. The van der Waals surface area contributed by atoms with Crippen molar-refractivity contribution in [3.8, 4) is 17.0 Å². The fourth-order valence-electron chi connectivity index (χ4n) is 3.54. The standard InChI is InChI=1S/C20H22N4O3/c1-13-10-17(23-27-13)19-8-3-4-9-24(19)20(25)18-12-16(21-22-18)14-6-5-7-15(11-14)26-2/h5-7,10-12,19H,3-4,8-9H2,1-2H3,(H,21,22)/t19-/m1/s1. The number of likely N-dealkylation sites (tertiary alicyclic amines) is 1. The van der Waals surface area contributed by atoms with E-state index in [1.165, 1.54) is 0 Å². The molecule has 140 valence electrons. The van der Waals surface area contributed by atoms with Crippen LogP contribution in [-0.2, 0) is 0 Å². The second-order valence-electron chi connectivity index (χ2n) is 6.77. The molecule has 1 fully saturated rings. The Morgan fingerprint density at radius 1 is 1.30 bits per heavy atom. The van der Waals surface area contributed by atoms with Gasteiger partial charge in [-0.3, -0.25) is 9.89 Å². The van der Waals surface area contributed by atoms with E-state index in [0.717, 1.165) is 42.0 Å². The number of H-pyrrole nitrogens is 1. The topological polar surface area (TPSA) is 84.2 Å². The summed E-state index contributed by atoms with van der Waals surface area (Å²) in [6.45, 7) is 2.56. The average Bonchev–Trinajstić information content (AvgIpc) is 3.37. The summed E-state index contributed by atoms with van der Waals surface area (Å²) in [6.07, 6.45) is 2.93. The highest BCUT2D eigenvalue weighted by Gasteiger charge is 2.31. The average molecular weight is 366 g/mol. The summed E-state index contributed by atoms with van der Waals surface area (Å²) in [6, 6.07) is 11.2. The molecule has 0 spiro atoms. The molecule has 4 rings (SSSR count). The zero-order valence-electron chi connectivity index (χ0n) is 15.4. The molecule has 0 aliphatic carbocycles. The molecule has 3 aromatic rings. The van der Waals surface area contributed by atoms with Crippen molar-refractivity contribution in [2.75, 3.05) is 13.7 Å². The number of carbonyl (C=O) groups is 1. The molecule has 0 saturated carbocycles. The molecule has 27 heavy (non-hydrogen) atoms.